The van der Waals surface area contributed by atoms with Gasteiger partial charge in [0.25, 0.3) is 5.91 Å². The van der Waals surface area contributed by atoms with E-state index in [9.17, 15) is 4.79 Å². The Bertz CT molecular complexity index is 601. The Hall–Kier alpha value is -1.88. The molecule has 0 aliphatic carbocycles. The topological polar surface area (TPSA) is 54.0 Å². The van der Waals surface area contributed by atoms with Crippen molar-refractivity contribution in [1.29, 1.82) is 0 Å². The van der Waals surface area contributed by atoms with Gasteiger partial charge < -0.3 is 10.6 Å². The van der Waals surface area contributed by atoms with E-state index >= 15 is 0 Å². The number of carbonyl (C=O) groups is 1. The zero-order valence-electron chi connectivity index (χ0n) is 11.2. The normalized spacial score (nSPS) is 10.1. The fourth-order valence-corrected chi connectivity index (χ4v) is 2.07. The summed E-state index contributed by atoms with van der Waals surface area (Å²) in [4.78, 5) is 16.3. The molecule has 0 aliphatic heterocycles. The molecule has 0 fully saturated rings. The number of nitrogens with zero attached hydrogens (tertiary/aromatic N) is 1. The Morgan fingerprint density at radius 3 is 2.85 bits per heavy atom. The van der Waals surface area contributed by atoms with Crippen LogP contribution in [-0.4, -0.2) is 17.4 Å². The second-order valence-electron chi connectivity index (χ2n) is 4.29. The molecule has 0 bridgehead atoms. The summed E-state index contributed by atoms with van der Waals surface area (Å²) < 4.78 is 0.841. The fourth-order valence-electron chi connectivity index (χ4n) is 1.68. The average molecular weight is 334 g/mol. The molecule has 2 aromatic rings. The van der Waals surface area contributed by atoms with Crippen molar-refractivity contribution in [3.05, 3.63) is 52.8 Å². The van der Waals surface area contributed by atoms with E-state index in [-0.39, 0.29) is 5.91 Å². The smallest absolute Gasteiger partial charge is 0.274 e. The van der Waals surface area contributed by atoms with Crippen LogP contribution in [0.2, 0.25) is 0 Å². The molecule has 4 nitrogen and oxygen atoms in total. The molecular formula is C15H16BrN3O. The van der Waals surface area contributed by atoms with Crippen LogP contribution in [0, 0.1) is 0 Å². The van der Waals surface area contributed by atoms with Gasteiger partial charge in [-0.1, -0.05) is 19.1 Å². The predicted octanol–water partition coefficient (Wildman–Crippen LogP) is 3.92. The Morgan fingerprint density at radius 1 is 1.30 bits per heavy atom. The van der Waals surface area contributed by atoms with Crippen LogP contribution in [0.4, 0.5) is 11.4 Å². The van der Waals surface area contributed by atoms with E-state index in [1.165, 1.54) is 0 Å². The van der Waals surface area contributed by atoms with Crippen LogP contribution in [0.1, 0.15) is 23.8 Å². The van der Waals surface area contributed by atoms with Crippen molar-refractivity contribution < 1.29 is 4.79 Å². The maximum Gasteiger partial charge on any atom is 0.274 e. The molecular weight excluding hydrogens is 318 g/mol. The number of halogens is 1. The van der Waals surface area contributed by atoms with Gasteiger partial charge in [-0.2, -0.15) is 0 Å². The highest BCUT2D eigenvalue weighted by atomic mass is 79.9. The molecule has 5 heteroatoms. The Morgan fingerprint density at radius 2 is 2.10 bits per heavy atom. The van der Waals surface area contributed by atoms with Crippen molar-refractivity contribution in [1.82, 2.24) is 4.98 Å². The third-order valence-electron chi connectivity index (χ3n) is 2.69. The molecule has 1 aromatic heterocycles. The predicted molar refractivity (Wildman–Crippen MR) is 85.1 cm³/mol. The van der Waals surface area contributed by atoms with Crippen molar-refractivity contribution in [3.63, 3.8) is 0 Å². The van der Waals surface area contributed by atoms with E-state index in [4.69, 9.17) is 0 Å². The van der Waals surface area contributed by atoms with Gasteiger partial charge in [0.05, 0.1) is 5.69 Å². The van der Waals surface area contributed by atoms with Crippen LogP contribution in [0.3, 0.4) is 0 Å². The van der Waals surface area contributed by atoms with Gasteiger partial charge in [0.15, 0.2) is 0 Å². The summed E-state index contributed by atoms with van der Waals surface area (Å²) in [5.41, 5.74) is 2.02. The molecule has 0 unspecified atom stereocenters. The third kappa shape index (κ3) is 3.81. The highest BCUT2D eigenvalue weighted by Crippen LogP contribution is 2.21. The summed E-state index contributed by atoms with van der Waals surface area (Å²) in [6, 6.07) is 11.1. The number of anilines is 2. The highest BCUT2D eigenvalue weighted by molar-refractivity contribution is 9.10. The van der Waals surface area contributed by atoms with E-state index in [2.05, 4.69) is 38.5 Å². The standard InChI is InChI=1S/C15H16BrN3O/c1-2-8-17-11-7-9-18-14(10-11)15(20)19-13-6-4-3-5-12(13)16/h3-7,9-10H,2,8H2,1H3,(H,17,18)(H,19,20). The molecule has 0 saturated carbocycles. The number of rotatable bonds is 5. The number of aromatic nitrogens is 1. The second kappa shape index (κ2) is 7.05. The third-order valence-corrected chi connectivity index (χ3v) is 3.39. The van der Waals surface area contributed by atoms with Gasteiger partial charge in [-0.05, 0) is 46.6 Å². The minimum atomic E-state index is -0.225. The largest absolute Gasteiger partial charge is 0.385 e. The summed E-state index contributed by atoms with van der Waals surface area (Å²) in [5, 5.41) is 6.07. The molecule has 0 radical (unpaired) electrons. The first kappa shape index (κ1) is 14.5. The van der Waals surface area contributed by atoms with Crippen LogP contribution in [0.15, 0.2) is 47.1 Å². The first-order valence-corrected chi connectivity index (χ1v) is 7.26. The lowest BCUT2D eigenvalue weighted by Crippen LogP contribution is -2.14. The van der Waals surface area contributed by atoms with Gasteiger partial charge in [-0.15, -0.1) is 0 Å². The fraction of sp³-hybridized carbons (Fsp3) is 0.200. The van der Waals surface area contributed by atoms with E-state index in [0.29, 0.717) is 5.69 Å². The number of amides is 1. The van der Waals surface area contributed by atoms with E-state index in [0.717, 1.165) is 28.8 Å². The number of nitrogens with one attached hydrogen (secondary N) is 2. The first-order chi connectivity index (χ1) is 9.70. The molecule has 2 rings (SSSR count). The van der Waals surface area contributed by atoms with Crippen molar-refractivity contribution in [2.45, 2.75) is 13.3 Å². The number of benzene rings is 1. The monoisotopic (exact) mass is 333 g/mol. The lowest BCUT2D eigenvalue weighted by molar-refractivity contribution is 0.102. The summed E-state index contributed by atoms with van der Waals surface area (Å²) in [6.45, 7) is 2.96. The van der Waals surface area contributed by atoms with E-state index in [1.807, 2.05) is 30.3 Å². The van der Waals surface area contributed by atoms with E-state index < -0.39 is 0 Å². The summed E-state index contributed by atoms with van der Waals surface area (Å²) in [5.74, 6) is -0.225. The van der Waals surface area contributed by atoms with Crippen LogP contribution >= 0.6 is 15.9 Å². The van der Waals surface area contributed by atoms with E-state index in [1.54, 1.807) is 12.3 Å². The van der Waals surface area contributed by atoms with Crippen LogP contribution in [-0.2, 0) is 0 Å². The van der Waals surface area contributed by atoms with Crippen LogP contribution < -0.4 is 10.6 Å². The maximum atomic E-state index is 12.2. The summed E-state index contributed by atoms with van der Waals surface area (Å²) in [6.07, 6.45) is 2.66. The molecule has 104 valence electrons. The van der Waals surface area contributed by atoms with Crippen LogP contribution in [0.25, 0.3) is 0 Å². The molecule has 0 atom stereocenters. The van der Waals surface area contributed by atoms with Crippen molar-refractivity contribution >= 4 is 33.2 Å². The number of carbonyl (C=O) groups excluding carboxylic acids is 1. The zero-order chi connectivity index (χ0) is 14.4. The SMILES string of the molecule is CCCNc1ccnc(C(=O)Nc2ccccc2Br)c1. The highest BCUT2D eigenvalue weighted by Gasteiger charge is 2.09. The maximum absolute atomic E-state index is 12.2. The lowest BCUT2D eigenvalue weighted by Gasteiger charge is -2.08. The van der Waals surface area contributed by atoms with Gasteiger partial charge >= 0.3 is 0 Å². The second-order valence-corrected chi connectivity index (χ2v) is 5.14. The summed E-state index contributed by atoms with van der Waals surface area (Å²) >= 11 is 3.40. The number of para-hydroxylation sites is 1. The Labute approximate surface area is 126 Å². The Balaban J connectivity index is 2.11. The number of hydrogen-bond donors (Lipinski definition) is 2. The first-order valence-electron chi connectivity index (χ1n) is 6.46. The average Bonchev–Trinajstić information content (AvgIpc) is 2.48. The number of hydrogen-bond acceptors (Lipinski definition) is 3. The lowest BCUT2D eigenvalue weighted by atomic mass is 10.2. The molecule has 1 aromatic carbocycles. The van der Waals surface area contributed by atoms with Gasteiger partial charge in [0.1, 0.15) is 5.69 Å². The molecule has 0 aliphatic rings. The quantitative estimate of drug-likeness (QED) is 0.871. The van der Waals surface area contributed by atoms with Crippen LogP contribution in [0.5, 0.6) is 0 Å². The van der Waals surface area contributed by atoms with Crippen molar-refractivity contribution in [2.75, 3.05) is 17.2 Å². The zero-order valence-corrected chi connectivity index (χ0v) is 12.8. The van der Waals surface area contributed by atoms with Crippen molar-refractivity contribution in [2.24, 2.45) is 0 Å². The van der Waals surface area contributed by atoms with Gasteiger partial charge in [0.2, 0.25) is 0 Å². The van der Waals surface area contributed by atoms with Gasteiger partial charge in [-0.3, -0.25) is 9.78 Å². The number of pyridine rings is 1. The molecule has 2 N–H and O–H groups in total. The van der Waals surface area contributed by atoms with Gasteiger partial charge in [0, 0.05) is 22.9 Å². The minimum Gasteiger partial charge on any atom is -0.385 e. The molecule has 0 saturated heterocycles. The summed E-state index contributed by atoms with van der Waals surface area (Å²) in [7, 11) is 0. The molecule has 0 spiro atoms. The molecule has 1 amide bonds. The molecule has 1 heterocycles. The molecule has 20 heavy (non-hydrogen) atoms. The van der Waals surface area contributed by atoms with Crippen molar-refractivity contribution in [3.8, 4) is 0 Å². The minimum absolute atomic E-state index is 0.225. The Kier molecular flexibility index (Phi) is 5.12. The van der Waals surface area contributed by atoms with Gasteiger partial charge in [-0.25, -0.2) is 0 Å².